The van der Waals surface area contributed by atoms with Crippen LogP contribution in [0.3, 0.4) is 0 Å². The number of rotatable bonds is 6. The predicted octanol–water partition coefficient (Wildman–Crippen LogP) is 5.42. The number of hydrogen-bond donors (Lipinski definition) is 0. The highest BCUT2D eigenvalue weighted by Crippen LogP contribution is 2.30. The first-order valence-electron chi connectivity index (χ1n) is 9.46. The first kappa shape index (κ1) is 19.7. The molecule has 0 aliphatic carbocycles. The van der Waals surface area contributed by atoms with Crippen LogP contribution in [-0.2, 0) is 5.75 Å². The number of aryl methyl sites for hydroxylation is 1. The highest BCUT2D eigenvalue weighted by molar-refractivity contribution is 7.98. The van der Waals surface area contributed by atoms with Crippen molar-refractivity contribution in [2.45, 2.75) is 17.8 Å². The summed E-state index contributed by atoms with van der Waals surface area (Å²) in [5.41, 5.74) is 4.89. The molecule has 0 aliphatic rings. The zero-order valence-electron chi connectivity index (χ0n) is 16.7. The van der Waals surface area contributed by atoms with Gasteiger partial charge in [0.1, 0.15) is 5.75 Å². The lowest BCUT2D eigenvalue weighted by Gasteiger charge is -2.11. The second kappa shape index (κ2) is 8.85. The van der Waals surface area contributed by atoms with E-state index in [-0.39, 0.29) is 0 Å². The van der Waals surface area contributed by atoms with Crippen LogP contribution in [0.1, 0.15) is 16.7 Å². The molecule has 0 radical (unpaired) electrons. The fraction of sp³-hybridized carbons (Fsp3) is 0.125. The minimum absolute atomic E-state index is 0.659. The smallest absolute Gasteiger partial charge is 0.196 e. The van der Waals surface area contributed by atoms with Crippen LogP contribution < -0.4 is 4.74 Å². The van der Waals surface area contributed by atoms with Crippen molar-refractivity contribution in [2.75, 3.05) is 7.11 Å². The Kier molecular flexibility index (Phi) is 5.82. The standard InChI is InChI=1S/C24H20N4OS/c1-17-6-10-21(11-7-17)28-23(20-8-12-22(29-2)13-9-20)26-27-24(28)30-16-19-5-3-4-18(14-19)15-25/h3-14H,16H2,1-2H3. The second-order valence-corrected chi connectivity index (χ2v) is 7.75. The number of nitrogens with zero attached hydrogens (tertiary/aromatic N) is 4. The Bertz CT molecular complexity index is 1190. The molecular weight excluding hydrogens is 392 g/mol. The van der Waals surface area contributed by atoms with E-state index in [1.807, 2.05) is 48.5 Å². The molecule has 0 atom stereocenters. The Labute approximate surface area is 180 Å². The fourth-order valence-corrected chi connectivity index (χ4v) is 3.99. The lowest BCUT2D eigenvalue weighted by Crippen LogP contribution is -2.00. The van der Waals surface area contributed by atoms with E-state index in [4.69, 9.17) is 10.00 Å². The van der Waals surface area contributed by atoms with Gasteiger partial charge in [0.2, 0.25) is 0 Å². The van der Waals surface area contributed by atoms with Gasteiger partial charge in [0, 0.05) is 17.0 Å². The zero-order chi connectivity index (χ0) is 20.9. The molecule has 0 N–H and O–H groups in total. The van der Waals surface area contributed by atoms with E-state index in [0.29, 0.717) is 11.3 Å². The summed E-state index contributed by atoms with van der Waals surface area (Å²) >= 11 is 1.60. The van der Waals surface area contributed by atoms with Crippen LogP contribution in [0.5, 0.6) is 5.75 Å². The summed E-state index contributed by atoms with van der Waals surface area (Å²) in [5.74, 6) is 2.27. The van der Waals surface area contributed by atoms with Crippen LogP contribution in [-0.4, -0.2) is 21.9 Å². The Morgan fingerprint density at radius 1 is 1.00 bits per heavy atom. The van der Waals surface area contributed by atoms with Gasteiger partial charge in [-0.15, -0.1) is 10.2 Å². The molecule has 0 amide bonds. The van der Waals surface area contributed by atoms with Gasteiger partial charge in [-0.3, -0.25) is 4.57 Å². The molecule has 148 valence electrons. The van der Waals surface area contributed by atoms with E-state index in [1.165, 1.54) is 5.56 Å². The predicted molar refractivity (Wildman–Crippen MR) is 119 cm³/mol. The van der Waals surface area contributed by atoms with Gasteiger partial charge >= 0.3 is 0 Å². The minimum atomic E-state index is 0.659. The highest BCUT2D eigenvalue weighted by Gasteiger charge is 2.16. The number of aromatic nitrogens is 3. The van der Waals surface area contributed by atoms with E-state index < -0.39 is 0 Å². The van der Waals surface area contributed by atoms with Crippen LogP contribution in [0.25, 0.3) is 17.1 Å². The topological polar surface area (TPSA) is 63.7 Å². The first-order chi connectivity index (χ1) is 14.7. The third-order valence-corrected chi connectivity index (χ3v) is 5.70. The molecule has 3 aromatic carbocycles. The average Bonchev–Trinajstić information content (AvgIpc) is 3.22. The Balaban J connectivity index is 1.71. The minimum Gasteiger partial charge on any atom is -0.497 e. The van der Waals surface area contributed by atoms with Crippen molar-refractivity contribution in [3.8, 4) is 28.9 Å². The lowest BCUT2D eigenvalue weighted by molar-refractivity contribution is 0.415. The molecule has 4 rings (SSSR count). The largest absolute Gasteiger partial charge is 0.497 e. The molecule has 0 fully saturated rings. The first-order valence-corrected chi connectivity index (χ1v) is 10.5. The number of methoxy groups -OCH3 is 1. The van der Waals surface area contributed by atoms with Crippen LogP contribution >= 0.6 is 11.8 Å². The van der Waals surface area contributed by atoms with Gasteiger partial charge in [-0.2, -0.15) is 5.26 Å². The van der Waals surface area contributed by atoms with Crippen molar-refractivity contribution in [1.82, 2.24) is 14.8 Å². The molecule has 0 spiro atoms. The van der Waals surface area contributed by atoms with Crippen molar-refractivity contribution in [1.29, 1.82) is 5.26 Å². The molecule has 0 saturated carbocycles. The van der Waals surface area contributed by atoms with Crippen molar-refractivity contribution in [3.63, 3.8) is 0 Å². The number of benzene rings is 3. The summed E-state index contributed by atoms with van der Waals surface area (Å²) in [6, 6.07) is 26.0. The molecule has 0 unspecified atom stereocenters. The summed E-state index contributed by atoms with van der Waals surface area (Å²) in [7, 11) is 1.65. The van der Waals surface area contributed by atoms with E-state index in [2.05, 4.69) is 52.0 Å². The third kappa shape index (κ3) is 4.22. The molecule has 4 aromatic rings. The van der Waals surface area contributed by atoms with Crippen LogP contribution in [0.15, 0.2) is 78.0 Å². The van der Waals surface area contributed by atoms with E-state index in [9.17, 15) is 0 Å². The maximum Gasteiger partial charge on any atom is 0.196 e. The van der Waals surface area contributed by atoms with Gasteiger partial charge < -0.3 is 4.74 Å². The number of ether oxygens (including phenoxy) is 1. The third-order valence-electron chi connectivity index (χ3n) is 4.70. The molecule has 0 saturated heterocycles. The number of hydrogen-bond acceptors (Lipinski definition) is 5. The molecule has 0 bridgehead atoms. The number of thioether (sulfide) groups is 1. The maximum absolute atomic E-state index is 9.14. The van der Waals surface area contributed by atoms with Gasteiger partial charge in [-0.1, -0.05) is 41.6 Å². The fourth-order valence-electron chi connectivity index (χ4n) is 3.10. The quantitative estimate of drug-likeness (QED) is 0.396. The monoisotopic (exact) mass is 412 g/mol. The van der Waals surface area contributed by atoms with Gasteiger partial charge in [0.05, 0.1) is 18.7 Å². The SMILES string of the molecule is COc1ccc(-c2nnc(SCc3cccc(C#N)c3)n2-c2ccc(C)cc2)cc1. The summed E-state index contributed by atoms with van der Waals surface area (Å²) in [4.78, 5) is 0. The average molecular weight is 413 g/mol. The Morgan fingerprint density at radius 2 is 1.77 bits per heavy atom. The summed E-state index contributed by atoms with van der Waals surface area (Å²) < 4.78 is 7.34. The van der Waals surface area contributed by atoms with Crippen LogP contribution in [0, 0.1) is 18.3 Å². The molecule has 1 heterocycles. The van der Waals surface area contributed by atoms with Crippen molar-refractivity contribution >= 4 is 11.8 Å². The van der Waals surface area contributed by atoms with Crippen molar-refractivity contribution < 1.29 is 4.74 Å². The van der Waals surface area contributed by atoms with E-state index in [0.717, 1.165) is 33.5 Å². The normalized spacial score (nSPS) is 10.6. The van der Waals surface area contributed by atoms with Gasteiger partial charge in [-0.25, -0.2) is 0 Å². The van der Waals surface area contributed by atoms with Crippen LogP contribution in [0.2, 0.25) is 0 Å². The molecular formula is C24H20N4OS. The molecule has 0 aliphatic heterocycles. The lowest BCUT2D eigenvalue weighted by atomic mass is 10.2. The van der Waals surface area contributed by atoms with Crippen molar-refractivity contribution in [2.24, 2.45) is 0 Å². The second-order valence-electron chi connectivity index (χ2n) is 6.81. The molecule has 30 heavy (non-hydrogen) atoms. The summed E-state index contributed by atoms with van der Waals surface area (Å²) in [6.07, 6.45) is 0. The van der Waals surface area contributed by atoms with Gasteiger partial charge in [0.15, 0.2) is 11.0 Å². The summed E-state index contributed by atoms with van der Waals surface area (Å²) in [6.45, 7) is 2.07. The molecule has 6 heteroatoms. The van der Waals surface area contributed by atoms with E-state index in [1.54, 1.807) is 18.9 Å². The Hall–Kier alpha value is -3.56. The molecule has 5 nitrogen and oxygen atoms in total. The summed E-state index contributed by atoms with van der Waals surface area (Å²) in [5, 5.41) is 18.9. The number of nitriles is 1. The highest BCUT2D eigenvalue weighted by atomic mass is 32.2. The van der Waals surface area contributed by atoms with Crippen molar-refractivity contribution in [3.05, 3.63) is 89.5 Å². The zero-order valence-corrected chi connectivity index (χ0v) is 17.6. The Morgan fingerprint density at radius 3 is 2.47 bits per heavy atom. The van der Waals surface area contributed by atoms with Gasteiger partial charge in [-0.05, 0) is 61.0 Å². The molecule has 1 aromatic heterocycles. The van der Waals surface area contributed by atoms with Gasteiger partial charge in [0.25, 0.3) is 0 Å². The van der Waals surface area contributed by atoms with E-state index >= 15 is 0 Å². The maximum atomic E-state index is 9.14. The van der Waals surface area contributed by atoms with Crippen LogP contribution in [0.4, 0.5) is 0 Å².